The van der Waals surface area contributed by atoms with E-state index >= 15 is 0 Å². The average Bonchev–Trinajstić information content (AvgIpc) is 3.42. The van der Waals surface area contributed by atoms with E-state index in [9.17, 15) is 26.4 Å². The number of hydrogen-bond acceptors (Lipinski definition) is 6. The molecule has 1 N–H and O–H groups in total. The van der Waals surface area contributed by atoms with Crippen molar-refractivity contribution in [3.05, 3.63) is 71.2 Å². The number of rotatable bonds is 5. The molecule has 1 atom stereocenters. The molecule has 37 heavy (non-hydrogen) atoms. The number of amides is 1. The molecule has 5 rings (SSSR count). The first-order valence-electron chi connectivity index (χ1n) is 11.3. The molecule has 12 heteroatoms. The SMILES string of the molecule is COc1ccc(-c2cc(C(=O)Nc3ccc(F)c(F)c3F)c3c(C)nn(C4CCS(=O)(=O)C4)c3n2)cc1. The summed E-state index contributed by atoms with van der Waals surface area (Å²) in [4.78, 5) is 18.1. The number of nitrogens with zero attached hydrogens (tertiary/aromatic N) is 3. The lowest BCUT2D eigenvalue weighted by Crippen LogP contribution is -2.16. The molecule has 1 fully saturated rings. The molecule has 1 unspecified atom stereocenters. The maximum atomic E-state index is 14.3. The van der Waals surface area contributed by atoms with Crippen LogP contribution in [0.15, 0.2) is 42.5 Å². The molecular formula is C25H21F3N4O4S. The van der Waals surface area contributed by atoms with Crippen LogP contribution in [0.5, 0.6) is 5.75 Å². The van der Waals surface area contributed by atoms with E-state index < -0.39 is 44.9 Å². The molecule has 0 radical (unpaired) electrons. The molecule has 0 saturated carbocycles. The van der Waals surface area contributed by atoms with E-state index in [1.54, 1.807) is 31.2 Å². The Morgan fingerprint density at radius 3 is 2.49 bits per heavy atom. The summed E-state index contributed by atoms with van der Waals surface area (Å²) in [6.45, 7) is 1.64. The minimum absolute atomic E-state index is 0.0129. The number of pyridine rings is 1. The summed E-state index contributed by atoms with van der Waals surface area (Å²) in [6, 6.07) is 9.54. The number of anilines is 1. The van der Waals surface area contributed by atoms with Crippen molar-refractivity contribution in [3.63, 3.8) is 0 Å². The molecule has 1 aliphatic rings. The fraction of sp³-hybridized carbons (Fsp3) is 0.240. The fourth-order valence-electron chi connectivity index (χ4n) is 4.44. The van der Waals surface area contributed by atoms with Gasteiger partial charge in [0.1, 0.15) is 5.75 Å². The van der Waals surface area contributed by atoms with E-state index in [1.165, 1.54) is 17.9 Å². The summed E-state index contributed by atoms with van der Waals surface area (Å²) >= 11 is 0. The maximum absolute atomic E-state index is 14.3. The highest BCUT2D eigenvalue weighted by atomic mass is 32.2. The molecule has 8 nitrogen and oxygen atoms in total. The Hall–Kier alpha value is -3.93. The molecule has 3 heterocycles. The fourth-order valence-corrected chi connectivity index (χ4v) is 6.13. The second kappa shape index (κ2) is 9.18. The van der Waals surface area contributed by atoms with E-state index in [0.29, 0.717) is 40.6 Å². The first-order valence-corrected chi connectivity index (χ1v) is 13.1. The molecule has 0 bridgehead atoms. The largest absolute Gasteiger partial charge is 0.497 e. The van der Waals surface area contributed by atoms with Gasteiger partial charge in [-0.25, -0.2) is 31.3 Å². The van der Waals surface area contributed by atoms with E-state index in [1.807, 2.05) is 0 Å². The summed E-state index contributed by atoms with van der Waals surface area (Å²) < 4.78 is 72.4. The van der Waals surface area contributed by atoms with Gasteiger partial charge >= 0.3 is 0 Å². The number of methoxy groups -OCH3 is 1. The van der Waals surface area contributed by atoms with Crippen LogP contribution in [-0.2, 0) is 9.84 Å². The van der Waals surface area contributed by atoms with Gasteiger partial charge in [0.05, 0.1) is 52.7 Å². The monoisotopic (exact) mass is 530 g/mol. The predicted molar refractivity (Wildman–Crippen MR) is 131 cm³/mol. The molecule has 192 valence electrons. The van der Waals surface area contributed by atoms with E-state index in [2.05, 4.69) is 10.4 Å². The lowest BCUT2D eigenvalue weighted by molar-refractivity contribution is 0.102. The van der Waals surface area contributed by atoms with Gasteiger partial charge in [-0.15, -0.1) is 0 Å². The molecule has 2 aromatic carbocycles. The van der Waals surface area contributed by atoms with Gasteiger partial charge in [-0.05, 0) is 55.8 Å². The van der Waals surface area contributed by atoms with E-state index in [0.717, 1.165) is 6.07 Å². The van der Waals surface area contributed by atoms with Crippen molar-refractivity contribution >= 4 is 32.5 Å². The lowest BCUT2D eigenvalue weighted by atomic mass is 10.0. The number of nitrogens with one attached hydrogen (secondary N) is 1. The number of aryl methyl sites for hydroxylation is 1. The predicted octanol–water partition coefficient (Wildman–Crippen LogP) is 4.44. The Labute approximate surface area is 210 Å². The Balaban J connectivity index is 1.67. The number of benzene rings is 2. The third kappa shape index (κ3) is 4.52. The highest BCUT2D eigenvalue weighted by Gasteiger charge is 2.32. The zero-order valence-electron chi connectivity index (χ0n) is 19.8. The summed E-state index contributed by atoms with van der Waals surface area (Å²) in [6.07, 6.45) is 0.342. The van der Waals surface area contributed by atoms with Crippen LogP contribution in [0.1, 0.15) is 28.5 Å². The van der Waals surface area contributed by atoms with Crippen LogP contribution in [0.25, 0.3) is 22.3 Å². The summed E-state index contributed by atoms with van der Waals surface area (Å²) in [5.74, 6) is -4.91. The number of carbonyl (C=O) groups is 1. The Kier molecular flexibility index (Phi) is 6.14. The molecular weight excluding hydrogens is 509 g/mol. The van der Waals surface area contributed by atoms with E-state index in [4.69, 9.17) is 9.72 Å². The number of hydrogen-bond donors (Lipinski definition) is 1. The van der Waals surface area contributed by atoms with Crippen LogP contribution in [0.2, 0.25) is 0 Å². The average molecular weight is 531 g/mol. The normalized spacial score (nSPS) is 16.7. The van der Waals surface area contributed by atoms with Crippen molar-refractivity contribution in [2.75, 3.05) is 23.9 Å². The number of sulfone groups is 1. The van der Waals surface area contributed by atoms with Gasteiger partial charge in [0, 0.05) is 5.56 Å². The van der Waals surface area contributed by atoms with Gasteiger partial charge in [-0.3, -0.25) is 4.79 Å². The van der Waals surface area contributed by atoms with Crippen LogP contribution in [0, 0.1) is 24.4 Å². The standard InChI is InChI=1S/C25H21F3N4O4S/c1-13-21-17(25(33)30-19-8-7-18(26)22(27)23(19)28)11-20(14-3-5-16(36-2)6-4-14)29-24(21)32(31-13)15-9-10-37(34,35)12-15/h3-8,11,15H,9-10,12H2,1-2H3,(H,30,33). The highest BCUT2D eigenvalue weighted by molar-refractivity contribution is 7.91. The summed E-state index contributed by atoms with van der Waals surface area (Å²) in [5.41, 5.74) is 1.21. The van der Waals surface area contributed by atoms with Gasteiger partial charge in [0.2, 0.25) is 0 Å². The zero-order valence-corrected chi connectivity index (χ0v) is 20.6. The van der Waals surface area contributed by atoms with Crippen LogP contribution < -0.4 is 10.1 Å². The number of aromatic nitrogens is 3. The van der Waals surface area contributed by atoms with Gasteiger partial charge in [0.15, 0.2) is 32.9 Å². The van der Waals surface area contributed by atoms with Crippen molar-refractivity contribution in [3.8, 4) is 17.0 Å². The third-order valence-corrected chi connectivity index (χ3v) is 8.06. The minimum atomic E-state index is -3.24. The first kappa shape index (κ1) is 24.8. The molecule has 4 aromatic rings. The van der Waals surface area contributed by atoms with Crippen LogP contribution in [0.4, 0.5) is 18.9 Å². The van der Waals surface area contributed by atoms with Crippen LogP contribution >= 0.6 is 0 Å². The van der Waals surface area contributed by atoms with Gasteiger partial charge in [-0.2, -0.15) is 5.10 Å². The van der Waals surface area contributed by atoms with Crippen molar-refractivity contribution < 1.29 is 31.1 Å². The Morgan fingerprint density at radius 1 is 1.11 bits per heavy atom. The van der Waals surface area contributed by atoms with Gasteiger partial charge in [-0.1, -0.05) is 0 Å². The Morgan fingerprint density at radius 2 is 1.84 bits per heavy atom. The highest BCUT2D eigenvalue weighted by Crippen LogP contribution is 2.33. The number of ether oxygens (including phenoxy) is 1. The van der Waals surface area contributed by atoms with Crippen molar-refractivity contribution in [2.24, 2.45) is 0 Å². The van der Waals surface area contributed by atoms with Crippen molar-refractivity contribution in [1.82, 2.24) is 14.8 Å². The zero-order chi connectivity index (χ0) is 26.5. The number of fused-ring (bicyclic) bond motifs is 1. The smallest absolute Gasteiger partial charge is 0.256 e. The molecule has 1 saturated heterocycles. The lowest BCUT2D eigenvalue weighted by Gasteiger charge is -2.13. The number of carbonyl (C=O) groups excluding carboxylic acids is 1. The molecule has 0 aliphatic carbocycles. The second-order valence-corrected chi connectivity index (χ2v) is 11.0. The van der Waals surface area contributed by atoms with Crippen molar-refractivity contribution in [1.29, 1.82) is 0 Å². The summed E-state index contributed by atoms with van der Waals surface area (Å²) in [7, 11) is -1.72. The quantitative estimate of drug-likeness (QED) is 0.383. The van der Waals surface area contributed by atoms with Gasteiger partial charge < -0.3 is 10.1 Å². The molecule has 1 aliphatic heterocycles. The summed E-state index contributed by atoms with van der Waals surface area (Å²) in [5, 5.41) is 7.14. The second-order valence-electron chi connectivity index (χ2n) is 8.75. The van der Waals surface area contributed by atoms with Gasteiger partial charge in [0.25, 0.3) is 5.91 Å². The van der Waals surface area contributed by atoms with Crippen LogP contribution in [-0.4, -0.2) is 47.7 Å². The molecule has 0 spiro atoms. The number of halogens is 3. The maximum Gasteiger partial charge on any atom is 0.256 e. The van der Waals surface area contributed by atoms with Crippen LogP contribution in [0.3, 0.4) is 0 Å². The third-order valence-electron chi connectivity index (χ3n) is 6.30. The topological polar surface area (TPSA) is 103 Å². The molecule has 2 aromatic heterocycles. The first-order chi connectivity index (χ1) is 17.6. The Bertz CT molecular complexity index is 1650. The van der Waals surface area contributed by atoms with E-state index in [-0.39, 0.29) is 22.7 Å². The minimum Gasteiger partial charge on any atom is -0.497 e. The van der Waals surface area contributed by atoms with Crippen molar-refractivity contribution in [2.45, 2.75) is 19.4 Å². The molecule has 1 amide bonds.